The number of nitrogens with one attached hydrogen (secondary N) is 1. The number of ether oxygens (including phenoxy) is 3. The molecule has 2 aromatic carbocycles. The second-order valence-corrected chi connectivity index (χ2v) is 7.35. The van der Waals surface area contributed by atoms with E-state index in [4.69, 9.17) is 14.2 Å². The van der Waals surface area contributed by atoms with Crippen LogP contribution >= 0.6 is 24.0 Å². The molecule has 1 aliphatic heterocycles. The lowest BCUT2D eigenvalue weighted by atomic mass is 10.1. The first kappa shape index (κ1) is 25.3. The Hall–Kier alpha value is -2.00. The van der Waals surface area contributed by atoms with Gasteiger partial charge in [-0.25, -0.2) is 0 Å². The number of nitrogens with zero attached hydrogens (tertiary/aromatic N) is 2. The van der Waals surface area contributed by atoms with E-state index in [9.17, 15) is 0 Å². The Bertz CT molecular complexity index is 763. The fourth-order valence-corrected chi connectivity index (χ4v) is 3.50. The van der Waals surface area contributed by atoms with Crippen LogP contribution in [0.5, 0.6) is 11.5 Å². The molecule has 0 bridgehead atoms. The van der Waals surface area contributed by atoms with Crippen molar-refractivity contribution in [3.63, 3.8) is 0 Å². The summed E-state index contributed by atoms with van der Waals surface area (Å²) < 4.78 is 17.0. The van der Waals surface area contributed by atoms with E-state index in [0.29, 0.717) is 13.2 Å². The van der Waals surface area contributed by atoms with Crippen LogP contribution in [0.4, 0.5) is 0 Å². The SMILES string of the molecule is CN=C(NCCCOCc1ccc(OC)cc1)N1CCC(Oc2ccccc2)CC1.I. The van der Waals surface area contributed by atoms with Gasteiger partial charge in [0.1, 0.15) is 17.6 Å². The third-order valence-electron chi connectivity index (χ3n) is 5.18. The highest BCUT2D eigenvalue weighted by Gasteiger charge is 2.22. The van der Waals surface area contributed by atoms with E-state index in [1.807, 2.05) is 61.6 Å². The fourth-order valence-electron chi connectivity index (χ4n) is 3.50. The van der Waals surface area contributed by atoms with Crippen LogP contribution in [0.3, 0.4) is 0 Å². The van der Waals surface area contributed by atoms with Crippen LogP contribution in [0.25, 0.3) is 0 Å². The topological polar surface area (TPSA) is 55.3 Å². The molecule has 170 valence electrons. The molecule has 1 heterocycles. The number of aliphatic imine (C=N–C) groups is 1. The molecular formula is C24H34IN3O3. The number of halogens is 1. The van der Waals surface area contributed by atoms with Crippen LogP contribution in [0, 0.1) is 0 Å². The van der Waals surface area contributed by atoms with Crippen molar-refractivity contribution in [2.24, 2.45) is 4.99 Å². The van der Waals surface area contributed by atoms with Gasteiger partial charge in [0.05, 0.1) is 13.7 Å². The van der Waals surface area contributed by atoms with E-state index in [2.05, 4.69) is 15.2 Å². The Morgan fingerprint density at radius 2 is 1.74 bits per heavy atom. The van der Waals surface area contributed by atoms with E-state index in [1.165, 1.54) is 0 Å². The Labute approximate surface area is 203 Å². The maximum atomic E-state index is 6.08. The van der Waals surface area contributed by atoms with Gasteiger partial charge in [0.25, 0.3) is 0 Å². The predicted octanol–water partition coefficient (Wildman–Crippen LogP) is 4.34. The first-order chi connectivity index (χ1) is 14.8. The molecule has 0 aromatic heterocycles. The number of hydrogen-bond acceptors (Lipinski definition) is 4. The largest absolute Gasteiger partial charge is 0.497 e. The molecule has 0 unspecified atom stereocenters. The van der Waals surface area contributed by atoms with Gasteiger partial charge < -0.3 is 24.4 Å². The second-order valence-electron chi connectivity index (χ2n) is 7.35. The van der Waals surface area contributed by atoms with Crippen molar-refractivity contribution in [2.75, 3.05) is 40.4 Å². The number of hydrogen-bond donors (Lipinski definition) is 1. The molecule has 7 heteroatoms. The third kappa shape index (κ3) is 8.57. The average molecular weight is 539 g/mol. The highest BCUT2D eigenvalue weighted by atomic mass is 127. The molecule has 3 rings (SSSR count). The molecule has 1 fully saturated rings. The molecule has 2 aromatic rings. The van der Waals surface area contributed by atoms with Gasteiger partial charge >= 0.3 is 0 Å². The second kappa shape index (κ2) is 14.1. The van der Waals surface area contributed by atoms with E-state index in [1.54, 1.807) is 7.11 Å². The van der Waals surface area contributed by atoms with E-state index in [-0.39, 0.29) is 30.1 Å². The number of methoxy groups -OCH3 is 1. The molecule has 6 nitrogen and oxygen atoms in total. The Kier molecular flexibility index (Phi) is 11.5. The van der Waals surface area contributed by atoms with Gasteiger partial charge in [0, 0.05) is 46.1 Å². The number of guanidine groups is 1. The number of piperidine rings is 1. The van der Waals surface area contributed by atoms with Gasteiger partial charge in [-0.3, -0.25) is 4.99 Å². The molecule has 0 spiro atoms. The molecule has 1 aliphatic rings. The minimum atomic E-state index is 0. The zero-order valence-corrected chi connectivity index (χ0v) is 20.8. The molecular weight excluding hydrogens is 505 g/mol. The van der Waals surface area contributed by atoms with Gasteiger partial charge in [-0.05, 0) is 36.2 Å². The quantitative estimate of drug-likeness (QED) is 0.223. The highest BCUT2D eigenvalue weighted by molar-refractivity contribution is 14.0. The Balaban J connectivity index is 0.00000341. The summed E-state index contributed by atoms with van der Waals surface area (Å²) in [5.74, 6) is 2.78. The van der Waals surface area contributed by atoms with Gasteiger partial charge in [-0.1, -0.05) is 30.3 Å². The predicted molar refractivity (Wildman–Crippen MR) is 136 cm³/mol. The standard InChI is InChI=1S/C24H33N3O3.HI/c1-25-24(26-15-6-18-29-19-20-9-11-21(28-2)12-10-20)27-16-13-23(14-17-27)30-22-7-4-3-5-8-22;/h3-5,7-12,23H,6,13-19H2,1-2H3,(H,25,26);1H. The molecule has 0 atom stereocenters. The lowest BCUT2D eigenvalue weighted by molar-refractivity contribution is 0.118. The number of benzene rings is 2. The third-order valence-corrected chi connectivity index (χ3v) is 5.18. The van der Waals surface area contributed by atoms with Gasteiger partial charge in [-0.2, -0.15) is 0 Å². The molecule has 0 aliphatic carbocycles. The Morgan fingerprint density at radius 3 is 2.39 bits per heavy atom. The highest BCUT2D eigenvalue weighted by Crippen LogP contribution is 2.18. The summed E-state index contributed by atoms with van der Waals surface area (Å²) in [4.78, 5) is 6.75. The van der Waals surface area contributed by atoms with Crippen LogP contribution in [0.2, 0.25) is 0 Å². The summed E-state index contributed by atoms with van der Waals surface area (Å²) >= 11 is 0. The summed E-state index contributed by atoms with van der Waals surface area (Å²) in [6.07, 6.45) is 3.21. The van der Waals surface area contributed by atoms with E-state index in [0.717, 1.165) is 61.9 Å². The average Bonchev–Trinajstić information content (AvgIpc) is 2.80. The number of likely N-dealkylation sites (tertiary alicyclic amines) is 1. The van der Waals surface area contributed by atoms with E-state index < -0.39 is 0 Å². The van der Waals surface area contributed by atoms with Crippen LogP contribution in [0.15, 0.2) is 59.6 Å². The molecule has 1 saturated heterocycles. The minimum absolute atomic E-state index is 0. The summed E-state index contributed by atoms with van der Waals surface area (Å²) in [7, 11) is 3.52. The lowest BCUT2D eigenvalue weighted by Crippen LogP contribution is -2.47. The number of rotatable bonds is 9. The molecule has 0 radical (unpaired) electrons. The Morgan fingerprint density at radius 1 is 1.03 bits per heavy atom. The minimum Gasteiger partial charge on any atom is -0.497 e. The number of para-hydroxylation sites is 1. The van der Waals surface area contributed by atoms with Crippen molar-refractivity contribution in [2.45, 2.75) is 32.0 Å². The van der Waals surface area contributed by atoms with Crippen LogP contribution in [-0.2, 0) is 11.3 Å². The van der Waals surface area contributed by atoms with Crippen molar-refractivity contribution < 1.29 is 14.2 Å². The monoisotopic (exact) mass is 539 g/mol. The van der Waals surface area contributed by atoms with Crippen LogP contribution in [-0.4, -0.2) is 57.4 Å². The molecule has 0 amide bonds. The summed E-state index contributed by atoms with van der Waals surface area (Å²) in [5, 5.41) is 3.46. The van der Waals surface area contributed by atoms with Crippen molar-refractivity contribution in [1.82, 2.24) is 10.2 Å². The molecule has 31 heavy (non-hydrogen) atoms. The molecule has 1 N–H and O–H groups in total. The van der Waals surface area contributed by atoms with Crippen molar-refractivity contribution in [3.05, 3.63) is 60.2 Å². The maximum absolute atomic E-state index is 6.08. The van der Waals surface area contributed by atoms with Crippen molar-refractivity contribution in [1.29, 1.82) is 0 Å². The summed E-state index contributed by atoms with van der Waals surface area (Å²) in [6, 6.07) is 18.0. The van der Waals surface area contributed by atoms with Gasteiger partial charge in [0.2, 0.25) is 0 Å². The summed E-state index contributed by atoms with van der Waals surface area (Å²) in [5.41, 5.74) is 1.15. The smallest absolute Gasteiger partial charge is 0.193 e. The first-order valence-corrected chi connectivity index (χ1v) is 10.7. The summed E-state index contributed by atoms with van der Waals surface area (Å²) in [6.45, 7) is 4.07. The van der Waals surface area contributed by atoms with Crippen LogP contribution in [0.1, 0.15) is 24.8 Å². The molecule has 0 saturated carbocycles. The van der Waals surface area contributed by atoms with Gasteiger partial charge in [-0.15, -0.1) is 24.0 Å². The first-order valence-electron chi connectivity index (χ1n) is 10.7. The zero-order valence-electron chi connectivity index (χ0n) is 18.5. The van der Waals surface area contributed by atoms with Crippen LogP contribution < -0.4 is 14.8 Å². The van der Waals surface area contributed by atoms with E-state index >= 15 is 0 Å². The zero-order chi connectivity index (χ0) is 21.0. The lowest BCUT2D eigenvalue weighted by Gasteiger charge is -2.34. The van der Waals surface area contributed by atoms with Crippen molar-refractivity contribution in [3.8, 4) is 11.5 Å². The van der Waals surface area contributed by atoms with Gasteiger partial charge in [0.15, 0.2) is 5.96 Å². The maximum Gasteiger partial charge on any atom is 0.193 e. The fraction of sp³-hybridized carbons (Fsp3) is 0.458. The normalized spacial score (nSPS) is 14.6. The van der Waals surface area contributed by atoms with Crippen molar-refractivity contribution >= 4 is 29.9 Å².